The molecule has 1 rings (SSSR count). The molecule has 112 valence electrons. The van der Waals surface area contributed by atoms with Gasteiger partial charge in [0, 0.05) is 13.6 Å². The number of nitrogens with zero attached hydrogens (tertiary/aromatic N) is 2. The summed E-state index contributed by atoms with van der Waals surface area (Å²) in [6.45, 7) is 6.75. The largest absolute Gasteiger partial charge is 0.360 e. The lowest BCUT2D eigenvalue weighted by Crippen LogP contribution is -2.41. The molecule has 0 bridgehead atoms. The van der Waals surface area contributed by atoms with Crippen LogP contribution in [0.5, 0.6) is 0 Å². The molecule has 7 nitrogen and oxygen atoms in total. The Morgan fingerprint density at radius 2 is 2.00 bits per heavy atom. The maximum Gasteiger partial charge on any atom is 0.321 e. The molecule has 0 aliphatic carbocycles. The number of carbonyl (C=O) groups is 2. The van der Waals surface area contributed by atoms with Gasteiger partial charge in [-0.3, -0.25) is 10.1 Å². The Balaban J connectivity index is 2.47. The van der Waals surface area contributed by atoms with Crippen molar-refractivity contribution in [3.05, 3.63) is 0 Å². The first-order valence-corrected chi connectivity index (χ1v) is 7.88. The van der Waals surface area contributed by atoms with Crippen molar-refractivity contribution in [1.29, 1.82) is 0 Å². The Morgan fingerprint density at radius 3 is 2.60 bits per heavy atom. The SMILES string of the molecule is CNC(=O)NC(=O)C(C)Sc1nnc(NCC(C)C)s1. The maximum absolute atomic E-state index is 11.7. The highest BCUT2D eigenvalue weighted by molar-refractivity contribution is 8.02. The summed E-state index contributed by atoms with van der Waals surface area (Å²) in [5, 5.41) is 16.1. The third-order valence-electron chi connectivity index (χ3n) is 2.18. The predicted molar refractivity (Wildman–Crippen MR) is 81.2 cm³/mol. The number of nitrogens with one attached hydrogen (secondary N) is 3. The summed E-state index contributed by atoms with van der Waals surface area (Å²) in [5.41, 5.74) is 0. The molecule has 0 spiro atoms. The van der Waals surface area contributed by atoms with E-state index < -0.39 is 11.3 Å². The second-order valence-electron chi connectivity index (χ2n) is 4.48. The smallest absolute Gasteiger partial charge is 0.321 e. The van der Waals surface area contributed by atoms with Crippen molar-refractivity contribution >= 4 is 40.2 Å². The fourth-order valence-corrected chi connectivity index (χ4v) is 3.00. The van der Waals surface area contributed by atoms with Crippen LogP contribution in [-0.2, 0) is 4.79 Å². The Kier molecular flexibility index (Phi) is 6.73. The lowest BCUT2D eigenvalue weighted by Gasteiger charge is -2.08. The molecule has 20 heavy (non-hydrogen) atoms. The van der Waals surface area contributed by atoms with E-state index in [2.05, 4.69) is 40.0 Å². The van der Waals surface area contributed by atoms with Gasteiger partial charge in [-0.05, 0) is 12.8 Å². The second kappa shape index (κ2) is 8.05. The van der Waals surface area contributed by atoms with Crippen LogP contribution in [0.1, 0.15) is 20.8 Å². The Hall–Kier alpha value is -1.35. The van der Waals surface area contributed by atoms with Gasteiger partial charge in [0.15, 0.2) is 4.34 Å². The number of urea groups is 1. The van der Waals surface area contributed by atoms with Gasteiger partial charge in [0.1, 0.15) is 0 Å². The summed E-state index contributed by atoms with van der Waals surface area (Å²) in [6.07, 6.45) is 0. The average Bonchev–Trinajstić information content (AvgIpc) is 2.83. The Morgan fingerprint density at radius 1 is 1.30 bits per heavy atom. The zero-order valence-electron chi connectivity index (χ0n) is 11.9. The number of aromatic nitrogens is 2. The van der Waals surface area contributed by atoms with Crippen molar-refractivity contribution in [3.63, 3.8) is 0 Å². The number of imide groups is 1. The minimum absolute atomic E-state index is 0.360. The van der Waals surface area contributed by atoms with E-state index in [0.717, 1.165) is 11.7 Å². The van der Waals surface area contributed by atoms with Crippen LogP contribution < -0.4 is 16.0 Å². The number of hydrogen-bond acceptors (Lipinski definition) is 7. The van der Waals surface area contributed by atoms with Crippen molar-refractivity contribution in [2.75, 3.05) is 18.9 Å². The van der Waals surface area contributed by atoms with E-state index in [-0.39, 0.29) is 5.91 Å². The molecular weight excluding hydrogens is 298 g/mol. The van der Waals surface area contributed by atoms with Crippen LogP contribution in [0.3, 0.4) is 0 Å². The third kappa shape index (κ3) is 5.74. The topological polar surface area (TPSA) is 96.0 Å². The number of amides is 3. The highest BCUT2D eigenvalue weighted by Crippen LogP contribution is 2.28. The quantitative estimate of drug-likeness (QED) is 0.689. The van der Waals surface area contributed by atoms with Gasteiger partial charge < -0.3 is 10.6 Å². The molecule has 1 aromatic rings. The molecule has 0 fully saturated rings. The lowest BCUT2D eigenvalue weighted by molar-refractivity contribution is -0.119. The van der Waals surface area contributed by atoms with E-state index in [0.29, 0.717) is 10.3 Å². The molecular formula is C11H19N5O2S2. The number of anilines is 1. The molecule has 0 saturated heterocycles. The van der Waals surface area contributed by atoms with Gasteiger partial charge in [0.05, 0.1) is 5.25 Å². The standard InChI is InChI=1S/C11H19N5O2S2/c1-6(2)5-13-10-15-16-11(20-10)19-7(3)8(17)14-9(18)12-4/h6-7H,5H2,1-4H3,(H,13,15)(H2,12,14,17,18). The van der Waals surface area contributed by atoms with Gasteiger partial charge in [-0.2, -0.15) is 0 Å². The summed E-state index contributed by atoms with van der Waals surface area (Å²) in [4.78, 5) is 22.7. The van der Waals surface area contributed by atoms with Crippen molar-refractivity contribution in [3.8, 4) is 0 Å². The zero-order valence-corrected chi connectivity index (χ0v) is 13.5. The highest BCUT2D eigenvalue weighted by Gasteiger charge is 2.18. The van der Waals surface area contributed by atoms with E-state index in [1.165, 1.54) is 30.1 Å². The second-order valence-corrected chi connectivity index (χ2v) is 7.04. The van der Waals surface area contributed by atoms with E-state index in [1.807, 2.05) is 0 Å². The molecule has 1 atom stereocenters. The monoisotopic (exact) mass is 317 g/mol. The van der Waals surface area contributed by atoms with Crippen LogP contribution in [0.2, 0.25) is 0 Å². The zero-order chi connectivity index (χ0) is 15.1. The van der Waals surface area contributed by atoms with E-state index in [9.17, 15) is 9.59 Å². The van der Waals surface area contributed by atoms with E-state index >= 15 is 0 Å². The summed E-state index contributed by atoms with van der Waals surface area (Å²) < 4.78 is 0.691. The minimum Gasteiger partial charge on any atom is -0.360 e. The molecule has 1 aromatic heterocycles. The van der Waals surface area contributed by atoms with Crippen LogP contribution in [-0.4, -0.2) is 41.0 Å². The first-order chi connectivity index (χ1) is 9.42. The highest BCUT2D eigenvalue weighted by atomic mass is 32.2. The van der Waals surface area contributed by atoms with E-state index in [4.69, 9.17) is 0 Å². The average molecular weight is 317 g/mol. The molecule has 0 aliphatic rings. The third-order valence-corrected chi connectivity index (χ3v) is 4.24. The molecule has 3 amide bonds. The number of thioether (sulfide) groups is 1. The summed E-state index contributed by atoms with van der Waals surface area (Å²) in [7, 11) is 1.46. The summed E-state index contributed by atoms with van der Waals surface area (Å²) >= 11 is 2.67. The number of carbonyl (C=O) groups excluding carboxylic acids is 2. The fraction of sp³-hybridized carbons (Fsp3) is 0.636. The van der Waals surface area contributed by atoms with Crippen LogP contribution in [0.4, 0.5) is 9.93 Å². The normalized spacial score (nSPS) is 12.1. The first kappa shape index (κ1) is 16.7. The van der Waals surface area contributed by atoms with Crippen molar-refractivity contribution in [1.82, 2.24) is 20.8 Å². The van der Waals surface area contributed by atoms with Crippen LogP contribution in [0.15, 0.2) is 4.34 Å². The molecule has 0 aliphatic heterocycles. The number of rotatable bonds is 6. The molecule has 0 aromatic carbocycles. The molecule has 9 heteroatoms. The molecule has 0 saturated carbocycles. The van der Waals surface area contributed by atoms with Gasteiger partial charge >= 0.3 is 6.03 Å². The van der Waals surface area contributed by atoms with Gasteiger partial charge in [-0.1, -0.05) is 36.9 Å². The predicted octanol–water partition coefficient (Wildman–Crippen LogP) is 1.54. The van der Waals surface area contributed by atoms with Crippen LogP contribution >= 0.6 is 23.1 Å². The van der Waals surface area contributed by atoms with Crippen molar-refractivity contribution in [2.45, 2.75) is 30.4 Å². The molecule has 1 heterocycles. The molecule has 3 N–H and O–H groups in total. The molecule has 1 unspecified atom stereocenters. The van der Waals surface area contributed by atoms with Crippen LogP contribution in [0, 0.1) is 5.92 Å². The van der Waals surface area contributed by atoms with Crippen molar-refractivity contribution in [2.24, 2.45) is 5.92 Å². The molecule has 0 radical (unpaired) electrons. The summed E-state index contributed by atoms with van der Waals surface area (Å²) in [6, 6.07) is -0.515. The van der Waals surface area contributed by atoms with E-state index in [1.54, 1.807) is 6.92 Å². The van der Waals surface area contributed by atoms with Crippen LogP contribution in [0.25, 0.3) is 0 Å². The lowest BCUT2D eigenvalue weighted by atomic mass is 10.2. The first-order valence-electron chi connectivity index (χ1n) is 6.19. The maximum atomic E-state index is 11.7. The van der Waals surface area contributed by atoms with Gasteiger partial charge in [0.25, 0.3) is 0 Å². The number of hydrogen-bond donors (Lipinski definition) is 3. The fourth-order valence-electron chi connectivity index (χ4n) is 1.10. The Labute approximate surface area is 126 Å². The minimum atomic E-state index is -0.515. The van der Waals surface area contributed by atoms with Gasteiger partial charge in [-0.15, -0.1) is 10.2 Å². The summed E-state index contributed by atoms with van der Waals surface area (Å²) in [5.74, 6) is 0.161. The van der Waals surface area contributed by atoms with Gasteiger partial charge in [-0.25, -0.2) is 4.79 Å². The van der Waals surface area contributed by atoms with Gasteiger partial charge in [0.2, 0.25) is 11.0 Å². The van der Waals surface area contributed by atoms with Crippen molar-refractivity contribution < 1.29 is 9.59 Å². The Bertz CT molecular complexity index is 463.